The second-order valence-electron chi connectivity index (χ2n) is 6.54. The Morgan fingerprint density at radius 2 is 1.71 bits per heavy atom. The van der Waals surface area contributed by atoms with Gasteiger partial charge in [0.15, 0.2) is 11.5 Å². The number of para-hydroxylation sites is 1. The number of nitrogens with zero attached hydrogens (tertiary/aromatic N) is 3. The minimum atomic E-state index is -0.265. The van der Waals surface area contributed by atoms with E-state index in [2.05, 4.69) is 10.2 Å². The Balaban J connectivity index is 0.00000231. The zero-order valence-electron chi connectivity index (χ0n) is 16.1. The third-order valence-corrected chi connectivity index (χ3v) is 5.43. The van der Waals surface area contributed by atoms with Gasteiger partial charge >= 0.3 is 0 Å². The first kappa shape index (κ1) is 21.0. The summed E-state index contributed by atoms with van der Waals surface area (Å²) in [4.78, 5) is 0.706. The van der Waals surface area contributed by atoms with E-state index in [1.807, 2.05) is 58.5 Å². The number of aromatic nitrogens is 1. The first-order valence-corrected chi connectivity index (χ1v) is 10.1. The van der Waals surface area contributed by atoms with Crippen LogP contribution in [0.3, 0.4) is 0 Å². The molecule has 0 saturated carbocycles. The van der Waals surface area contributed by atoms with E-state index in [-0.39, 0.29) is 29.6 Å². The summed E-state index contributed by atoms with van der Waals surface area (Å²) in [6, 6.07) is 21.9. The lowest BCUT2D eigenvalue weighted by Crippen LogP contribution is -2.13. The number of ether oxygens (including phenoxy) is 2. The van der Waals surface area contributed by atoms with Gasteiger partial charge in [0.25, 0.3) is 0 Å². The fourth-order valence-electron chi connectivity index (χ4n) is 3.17. The van der Waals surface area contributed by atoms with Crippen LogP contribution >= 0.6 is 28.3 Å². The summed E-state index contributed by atoms with van der Waals surface area (Å²) in [5.74, 6) is 1.17. The van der Waals surface area contributed by atoms with Gasteiger partial charge in [-0.1, -0.05) is 18.2 Å². The molecule has 1 aliphatic heterocycles. The monoisotopic (exact) mass is 497 g/mol. The van der Waals surface area contributed by atoms with E-state index in [1.54, 1.807) is 18.3 Å². The predicted octanol–water partition coefficient (Wildman–Crippen LogP) is 5.59. The summed E-state index contributed by atoms with van der Waals surface area (Å²) in [5, 5.41) is 10.7. The molecule has 5 nitrogen and oxygen atoms in total. The Labute approximate surface area is 192 Å². The Kier molecular flexibility index (Phi) is 6.29. The molecular formula is C23H17BrFN3O2S. The molecule has 0 bridgehead atoms. The van der Waals surface area contributed by atoms with Crippen molar-refractivity contribution in [3.63, 3.8) is 0 Å². The molecule has 8 heteroatoms. The standard InChI is InChI=1S/C23H16FN3O2S.BrH/c24-18-9-7-17(8-10-18)20-14-30-23(27(20)19-4-2-1-3-5-19)26-25-13-16-6-11-21-22(12-16)29-15-28-21;/h1-14H,15H2;1H/b25-13+,26-23-;. The second-order valence-corrected chi connectivity index (χ2v) is 7.38. The fourth-order valence-corrected chi connectivity index (χ4v) is 4.03. The number of benzene rings is 3. The normalized spacial score (nSPS) is 12.9. The van der Waals surface area contributed by atoms with E-state index in [0.29, 0.717) is 10.6 Å². The Morgan fingerprint density at radius 3 is 2.52 bits per heavy atom. The zero-order chi connectivity index (χ0) is 20.3. The maximum atomic E-state index is 13.4. The maximum absolute atomic E-state index is 13.4. The van der Waals surface area contributed by atoms with E-state index in [1.165, 1.54) is 23.5 Å². The summed E-state index contributed by atoms with van der Waals surface area (Å²) >= 11 is 1.47. The molecule has 1 aromatic heterocycles. The highest BCUT2D eigenvalue weighted by molar-refractivity contribution is 8.93. The van der Waals surface area contributed by atoms with Gasteiger partial charge in [0.2, 0.25) is 11.6 Å². The van der Waals surface area contributed by atoms with E-state index in [9.17, 15) is 4.39 Å². The summed E-state index contributed by atoms with van der Waals surface area (Å²) in [6.45, 7) is 0.235. The van der Waals surface area contributed by atoms with Crippen LogP contribution in [-0.4, -0.2) is 17.6 Å². The molecule has 0 N–H and O–H groups in total. The van der Waals surface area contributed by atoms with Crippen molar-refractivity contribution < 1.29 is 13.9 Å². The van der Waals surface area contributed by atoms with E-state index in [0.717, 1.165) is 28.3 Å². The van der Waals surface area contributed by atoms with Gasteiger partial charge in [-0.05, 0) is 65.7 Å². The molecule has 3 aromatic carbocycles. The topological polar surface area (TPSA) is 48.1 Å². The summed E-state index contributed by atoms with van der Waals surface area (Å²) < 4.78 is 26.1. The van der Waals surface area contributed by atoms with Gasteiger partial charge in [0.05, 0.1) is 11.9 Å². The van der Waals surface area contributed by atoms with Gasteiger partial charge in [-0.2, -0.15) is 5.10 Å². The van der Waals surface area contributed by atoms with Crippen molar-refractivity contribution >= 4 is 34.5 Å². The SMILES string of the molecule is Br.Fc1ccc(-c2cs/c(=N\N=C\c3ccc4c(c3)OCO4)n2-c2ccccc2)cc1. The molecule has 2 heterocycles. The van der Waals surface area contributed by atoms with Gasteiger partial charge in [-0.25, -0.2) is 4.39 Å². The van der Waals surface area contributed by atoms with E-state index < -0.39 is 0 Å². The van der Waals surface area contributed by atoms with Crippen LogP contribution in [0.5, 0.6) is 11.5 Å². The predicted molar refractivity (Wildman–Crippen MR) is 125 cm³/mol. The molecule has 0 aliphatic carbocycles. The molecule has 5 rings (SSSR count). The Bertz CT molecular complexity index is 1280. The number of rotatable bonds is 4. The van der Waals surface area contributed by atoms with Gasteiger partial charge in [0, 0.05) is 11.1 Å². The highest BCUT2D eigenvalue weighted by atomic mass is 79.9. The Morgan fingerprint density at radius 1 is 0.935 bits per heavy atom. The average molecular weight is 498 g/mol. The zero-order valence-corrected chi connectivity index (χ0v) is 18.7. The second kappa shape index (κ2) is 9.28. The molecule has 0 atom stereocenters. The van der Waals surface area contributed by atoms with Crippen molar-refractivity contribution in [3.05, 3.63) is 94.4 Å². The molecule has 0 radical (unpaired) electrons. The van der Waals surface area contributed by atoms with Crippen LogP contribution < -0.4 is 14.3 Å². The third kappa shape index (κ3) is 4.45. The molecule has 4 aromatic rings. The summed E-state index contributed by atoms with van der Waals surface area (Å²) in [6.07, 6.45) is 1.68. The van der Waals surface area contributed by atoms with Gasteiger partial charge in [-0.15, -0.1) is 33.4 Å². The van der Waals surface area contributed by atoms with Crippen molar-refractivity contribution in [3.8, 4) is 28.4 Å². The van der Waals surface area contributed by atoms with Crippen LogP contribution in [0.2, 0.25) is 0 Å². The van der Waals surface area contributed by atoms with Crippen LogP contribution in [0.25, 0.3) is 16.9 Å². The summed E-state index contributed by atoms with van der Waals surface area (Å²) in [7, 11) is 0. The van der Waals surface area contributed by atoms with Crippen LogP contribution in [0.1, 0.15) is 5.56 Å². The molecule has 156 valence electrons. The van der Waals surface area contributed by atoms with Crippen molar-refractivity contribution in [2.75, 3.05) is 6.79 Å². The van der Waals surface area contributed by atoms with Gasteiger partial charge in [-0.3, -0.25) is 4.57 Å². The van der Waals surface area contributed by atoms with Gasteiger partial charge < -0.3 is 9.47 Å². The highest BCUT2D eigenvalue weighted by Gasteiger charge is 2.13. The largest absolute Gasteiger partial charge is 0.454 e. The molecule has 0 spiro atoms. The lowest BCUT2D eigenvalue weighted by atomic mass is 10.1. The number of hydrogen-bond donors (Lipinski definition) is 0. The quantitative estimate of drug-likeness (QED) is 0.272. The van der Waals surface area contributed by atoms with Crippen molar-refractivity contribution in [1.82, 2.24) is 4.57 Å². The van der Waals surface area contributed by atoms with E-state index in [4.69, 9.17) is 9.47 Å². The minimum absolute atomic E-state index is 0. The van der Waals surface area contributed by atoms with Crippen LogP contribution in [0, 0.1) is 5.82 Å². The van der Waals surface area contributed by atoms with Crippen LogP contribution in [0.15, 0.2) is 88.4 Å². The molecule has 1 aliphatic rings. The third-order valence-electron chi connectivity index (χ3n) is 4.61. The molecule has 0 saturated heterocycles. The summed E-state index contributed by atoms with van der Waals surface area (Å²) in [5.41, 5.74) is 3.64. The van der Waals surface area contributed by atoms with Crippen molar-refractivity contribution in [1.29, 1.82) is 0 Å². The fraction of sp³-hybridized carbons (Fsp3) is 0.0435. The first-order valence-electron chi connectivity index (χ1n) is 9.26. The number of fused-ring (bicyclic) bond motifs is 1. The number of halogens is 2. The first-order chi connectivity index (χ1) is 14.8. The molecule has 0 fully saturated rings. The molecule has 0 amide bonds. The molecule has 0 unspecified atom stereocenters. The van der Waals surface area contributed by atoms with Crippen LogP contribution in [-0.2, 0) is 0 Å². The van der Waals surface area contributed by atoms with Crippen molar-refractivity contribution in [2.24, 2.45) is 10.2 Å². The highest BCUT2D eigenvalue weighted by Crippen LogP contribution is 2.32. The van der Waals surface area contributed by atoms with Crippen LogP contribution in [0.4, 0.5) is 4.39 Å². The minimum Gasteiger partial charge on any atom is -0.454 e. The maximum Gasteiger partial charge on any atom is 0.231 e. The Hall–Kier alpha value is -3.23. The smallest absolute Gasteiger partial charge is 0.231 e. The number of hydrogen-bond acceptors (Lipinski definition) is 5. The number of thiazole rings is 1. The van der Waals surface area contributed by atoms with Crippen molar-refractivity contribution in [2.45, 2.75) is 0 Å². The molecular weight excluding hydrogens is 481 g/mol. The van der Waals surface area contributed by atoms with Gasteiger partial charge in [0.1, 0.15) is 5.82 Å². The lowest BCUT2D eigenvalue weighted by Gasteiger charge is -2.08. The lowest BCUT2D eigenvalue weighted by molar-refractivity contribution is 0.174. The van der Waals surface area contributed by atoms with E-state index >= 15 is 0 Å². The average Bonchev–Trinajstić information content (AvgIpc) is 3.42. The molecule has 31 heavy (non-hydrogen) atoms.